The van der Waals surface area contributed by atoms with Crippen molar-refractivity contribution >= 4 is 40.9 Å². The van der Waals surface area contributed by atoms with Crippen LogP contribution >= 0.6 is 0 Å². The van der Waals surface area contributed by atoms with E-state index in [-0.39, 0.29) is 34.9 Å². The Kier molecular flexibility index (Phi) is 8.79. The molecule has 13 heteroatoms. The van der Waals surface area contributed by atoms with Gasteiger partial charge in [0.1, 0.15) is 5.75 Å². The number of carboxylic acid groups (broad SMARTS) is 1. The molecule has 10 nitrogen and oxygen atoms in total. The van der Waals surface area contributed by atoms with Gasteiger partial charge >= 0.3 is 6.18 Å². The molecule has 0 atom stereocenters. The van der Waals surface area contributed by atoms with Gasteiger partial charge in [-0.05, 0) is 60.5 Å². The third-order valence-electron chi connectivity index (χ3n) is 5.79. The van der Waals surface area contributed by atoms with Gasteiger partial charge in [-0.2, -0.15) is 23.3 Å². The molecule has 42 heavy (non-hydrogen) atoms. The topological polar surface area (TPSA) is 130 Å². The third kappa shape index (κ3) is 6.69. The van der Waals surface area contributed by atoms with E-state index >= 15 is 0 Å². The van der Waals surface area contributed by atoms with Gasteiger partial charge in [-0.1, -0.05) is 30.3 Å². The molecule has 0 aliphatic carbocycles. The number of anilines is 2. The molecule has 0 saturated heterocycles. The lowest BCUT2D eigenvalue weighted by atomic mass is 10.1. The normalized spacial score (nSPS) is 14.0. The van der Waals surface area contributed by atoms with Gasteiger partial charge in [0.25, 0.3) is 11.8 Å². The number of carbonyl (C=O) groups excluding carboxylic acids is 3. The zero-order valence-corrected chi connectivity index (χ0v) is 22.2. The number of nitrogens with zero attached hydrogens (tertiary/aromatic N) is 2. The summed E-state index contributed by atoms with van der Waals surface area (Å²) in [6.45, 7) is 1.43. The second-order valence-corrected chi connectivity index (χ2v) is 8.64. The van der Waals surface area contributed by atoms with Crippen LogP contribution in [-0.4, -0.2) is 50.0 Å². The van der Waals surface area contributed by atoms with Crippen molar-refractivity contribution in [3.8, 4) is 17.2 Å². The Balaban J connectivity index is 1.58. The standard InChI is InChI=1S/C29H24F3N3O7/c1-3-41-24-14-17(11-12-23(24)42-16-25(36)33-21-9-4-5-10-22(21)40-2)13-20-26(29(30,31)32)34-35(27(20)37)19-8-6-7-18(15-19)28(38)39/h4-15H,3,16H2,1-2H3,(H,33,36)(H,38,39)/p-1/b20-13-. The van der Waals surface area contributed by atoms with E-state index < -0.39 is 41.9 Å². The van der Waals surface area contributed by atoms with Crippen LogP contribution < -0.4 is 29.6 Å². The van der Waals surface area contributed by atoms with Gasteiger partial charge < -0.3 is 29.4 Å². The van der Waals surface area contributed by atoms with Crippen molar-refractivity contribution in [2.24, 2.45) is 5.10 Å². The van der Waals surface area contributed by atoms with Crippen LogP contribution in [0.3, 0.4) is 0 Å². The molecule has 4 rings (SSSR count). The smallest absolute Gasteiger partial charge is 0.435 e. The Morgan fingerprint density at radius 2 is 1.76 bits per heavy atom. The highest BCUT2D eigenvalue weighted by Gasteiger charge is 2.46. The molecule has 0 fully saturated rings. The summed E-state index contributed by atoms with van der Waals surface area (Å²) in [6.07, 6.45) is -4.01. The number of aromatic carboxylic acids is 1. The number of rotatable bonds is 10. The Morgan fingerprint density at radius 1 is 1.00 bits per heavy atom. The number of benzene rings is 3. The largest absolute Gasteiger partial charge is 0.545 e. The highest BCUT2D eigenvalue weighted by atomic mass is 19.4. The summed E-state index contributed by atoms with van der Waals surface area (Å²) in [5, 5.41) is 17.8. The maximum absolute atomic E-state index is 13.9. The first-order valence-corrected chi connectivity index (χ1v) is 12.4. The first-order chi connectivity index (χ1) is 20.0. The van der Waals surface area contributed by atoms with E-state index in [0.29, 0.717) is 16.4 Å². The molecule has 2 amide bonds. The average Bonchev–Trinajstić information content (AvgIpc) is 3.29. The average molecular weight is 583 g/mol. The number of methoxy groups -OCH3 is 1. The van der Waals surface area contributed by atoms with E-state index in [4.69, 9.17) is 14.2 Å². The summed E-state index contributed by atoms with van der Waals surface area (Å²) < 4.78 is 58.0. The summed E-state index contributed by atoms with van der Waals surface area (Å²) in [5.74, 6) is -2.49. The number of nitrogens with one attached hydrogen (secondary N) is 1. The summed E-state index contributed by atoms with van der Waals surface area (Å²) in [6, 6.07) is 15.5. The molecule has 218 valence electrons. The molecule has 0 bridgehead atoms. The summed E-state index contributed by atoms with van der Waals surface area (Å²) in [7, 11) is 1.46. The van der Waals surface area contributed by atoms with Crippen LogP contribution in [0.15, 0.2) is 77.4 Å². The lowest BCUT2D eigenvalue weighted by Crippen LogP contribution is -2.26. The highest BCUT2D eigenvalue weighted by molar-refractivity contribution is 6.34. The van der Waals surface area contributed by atoms with Crippen molar-refractivity contribution in [3.05, 3.63) is 83.4 Å². The number of ether oxygens (including phenoxy) is 3. The van der Waals surface area contributed by atoms with Gasteiger partial charge in [-0.3, -0.25) is 9.59 Å². The number of alkyl halides is 3. The van der Waals surface area contributed by atoms with Crippen molar-refractivity contribution in [3.63, 3.8) is 0 Å². The number of hydrogen-bond donors (Lipinski definition) is 1. The molecule has 3 aromatic rings. The summed E-state index contributed by atoms with van der Waals surface area (Å²) >= 11 is 0. The Bertz CT molecular complexity index is 1580. The molecule has 0 radical (unpaired) electrons. The number of para-hydroxylation sites is 2. The van der Waals surface area contributed by atoms with Crippen LogP contribution in [0.25, 0.3) is 6.08 Å². The quantitative estimate of drug-likeness (QED) is 0.360. The Morgan fingerprint density at radius 3 is 2.45 bits per heavy atom. The van der Waals surface area contributed by atoms with Crippen LogP contribution in [0.1, 0.15) is 22.8 Å². The van der Waals surface area contributed by atoms with Gasteiger partial charge in [0.2, 0.25) is 0 Å². The number of hydrogen-bond acceptors (Lipinski definition) is 8. The second kappa shape index (κ2) is 12.5. The minimum absolute atomic E-state index is 0.117. The maximum atomic E-state index is 13.9. The lowest BCUT2D eigenvalue weighted by molar-refractivity contribution is -0.255. The SMILES string of the molecule is CCOc1cc(/C=C2\C(=O)N(c3cccc(C(=O)[O-])c3)N=C2C(F)(F)F)ccc1OCC(=O)Nc1ccccc1OC. The number of amides is 2. The van der Waals surface area contributed by atoms with Crippen molar-refractivity contribution in [1.82, 2.24) is 0 Å². The van der Waals surface area contributed by atoms with E-state index in [1.807, 2.05) is 0 Å². The molecule has 0 spiro atoms. The molecule has 1 aliphatic rings. The van der Waals surface area contributed by atoms with Gasteiger partial charge in [0.15, 0.2) is 23.8 Å². The fraction of sp³-hybridized carbons (Fsp3) is 0.172. The minimum Gasteiger partial charge on any atom is -0.545 e. The van der Waals surface area contributed by atoms with Gasteiger partial charge in [0, 0.05) is 0 Å². The van der Waals surface area contributed by atoms with E-state index in [0.717, 1.165) is 12.1 Å². The monoisotopic (exact) mass is 582 g/mol. The highest BCUT2D eigenvalue weighted by Crippen LogP contribution is 2.35. The van der Waals surface area contributed by atoms with E-state index in [1.165, 1.54) is 43.5 Å². The van der Waals surface area contributed by atoms with Crippen LogP contribution in [0.2, 0.25) is 0 Å². The summed E-state index contributed by atoms with van der Waals surface area (Å²) in [5.41, 5.74) is -2.17. The van der Waals surface area contributed by atoms with Crippen molar-refractivity contribution in [2.45, 2.75) is 13.1 Å². The number of carbonyl (C=O) groups is 3. The van der Waals surface area contributed by atoms with E-state index in [2.05, 4.69) is 10.4 Å². The van der Waals surface area contributed by atoms with Crippen molar-refractivity contribution in [1.29, 1.82) is 0 Å². The van der Waals surface area contributed by atoms with E-state index in [1.54, 1.807) is 31.2 Å². The van der Waals surface area contributed by atoms with Crippen LogP contribution in [0, 0.1) is 0 Å². The van der Waals surface area contributed by atoms with Crippen LogP contribution in [-0.2, 0) is 9.59 Å². The summed E-state index contributed by atoms with van der Waals surface area (Å²) in [4.78, 5) is 36.7. The number of halogens is 3. The molecule has 1 N–H and O–H groups in total. The molecule has 0 saturated carbocycles. The fourth-order valence-electron chi connectivity index (χ4n) is 3.94. The van der Waals surface area contributed by atoms with E-state index in [9.17, 15) is 32.7 Å². The maximum Gasteiger partial charge on any atom is 0.435 e. The Labute approximate surface area is 237 Å². The third-order valence-corrected chi connectivity index (χ3v) is 5.79. The number of hydrazone groups is 1. The molecular formula is C29H23F3N3O7-. The first kappa shape index (κ1) is 29.6. The van der Waals surface area contributed by atoms with Gasteiger partial charge in [0.05, 0.1) is 36.6 Å². The predicted octanol–water partition coefficient (Wildman–Crippen LogP) is 3.82. The lowest BCUT2D eigenvalue weighted by Gasteiger charge is -2.14. The van der Waals surface area contributed by atoms with Crippen molar-refractivity contribution in [2.75, 3.05) is 30.6 Å². The second-order valence-electron chi connectivity index (χ2n) is 8.64. The zero-order chi connectivity index (χ0) is 30.4. The Hall–Kier alpha value is -5.33. The molecule has 0 aromatic heterocycles. The molecule has 3 aromatic carbocycles. The number of carboxylic acids is 1. The van der Waals surface area contributed by atoms with Crippen LogP contribution in [0.4, 0.5) is 24.5 Å². The fourth-order valence-corrected chi connectivity index (χ4v) is 3.94. The van der Waals surface area contributed by atoms with Gasteiger partial charge in [-0.15, -0.1) is 0 Å². The minimum atomic E-state index is -5.00. The molecule has 1 aliphatic heterocycles. The predicted molar refractivity (Wildman–Crippen MR) is 144 cm³/mol. The zero-order valence-electron chi connectivity index (χ0n) is 22.2. The van der Waals surface area contributed by atoms with Gasteiger partial charge in [-0.25, -0.2) is 0 Å². The van der Waals surface area contributed by atoms with Crippen LogP contribution in [0.5, 0.6) is 17.2 Å². The van der Waals surface area contributed by atoms with Crippen molar-refractivity contribution < 1.29 is 46.9 Å². The molecule has 1 heterocycles. The molecular weight excluding hydrogens is 559 g/mol. The molecule has 0 unspecified atom stereocenters. The first-order valence-electron chi connectivity index (χ1n) is 12.4.